The minimum absolute atomic E-state index is 0.0309. The third kappa shape index (κ3) is 6.26. The number of hydrogen-bond acceptors (Lipinski definition) is 3. The molecule has 0 fully saturated rings. The Morgan fingerprint density at radius 3 is 2.70 bits per heavy atom. The van der Waals surface area contributed by atoms with Crippen molar-refractivity contribution in [3.63, 3.8) is 0 Å². The Labute approximate surface area is 125 Å². The van der Waals surface area contributed by atoms with Gasteiger partial charge < -0.3 is 14.7 Å². The van der Waals surface area contributed by atoms with Gasteiger partial charge in [-0.3, -0.25) is 4.79 Å². The van der Waals surface area contributed by atoms with E-state index in [0.29, 0.717) is 30.5 Å². The van der Waals surface area contributed by atoms with E-state index in [9.17, 15) is 9.90 Å². The average Bonchev–Trinajstić information content (AvgIpc) is 2.34. The Balaban J connectivity index is 2.42. The fraction of sp³-hybridized carbons (Fsp3) is 0.533. The molecular weight excluding hydrogens is 278 g/mol. The van der Waals surface area contributed by atoms with Gasteiger partial charge in [-0.1, -0.05) is 17.7 Å². The summed E-state index contributed by atoms with van der Waals surface area (Å²) < 4.78 is 5.49. The molecule has 1 N–H and O–H groups in total. The van der Waals surface area contributed by atoms with E-state index in [1.807, 2.05) is 6.92 Å². The predicted octanol–water partition coefficient (Wildman–Crippen LogP) is 2.73. The number of aliphatic hydroxyl groups is 1. The van der Waals surface area contributed by atoms with Crippen molar-refractivity contribution in [1.82, 2.24) is 4.90 Å². The van der Waals surface area contributed by atoms with Crippen LogP contribution in [0, 0.1) is 0 Å². The number of ether oxygens (including phenoxy) is 1. The summed E-state index contributed by atoms with van der Waals surface area (Å²) in [4.78, 5) is 13.6. The van der Waals surface area contributed by atoms with Crippen molar-refractivity contribution >= 4 is 17.5 Å². The summed E-state index contributed by atoms with van der Waals surface area (Å²) in [5.74, 6) is 0.618. The molecule has 1 aromatic rings. The zero-order valence-corrected chi connectivity index (χ0v) is 13.0. The second-order valence-electron chi connectivity index (χ2n) is 5.28. The van der Waals surface area contributed by atoms with E-state index >= 15 is 0 Å². The van der Waals surface area contributed by atoms with Gasteiger partial charge in [0.2, 0.25) is 5.91 Å². The first-order chi connectivity index (χ1) is 9.31. The van der Waals surface area contributed by atoms with Crippen LogP contribution < -0.4 is 4.74 Å². The second-order valence-corrected chi connectivity index (χ2v) is 5.71. The van der Waals surface area contributed by atoms with Crippen LogP contribution in [-0.2, 0) is 4.79 Å². The van der Waals surface area contributed by atoms with Gasteiger partial charge in [-0.05, 0) is 39.0 Å². The number of nitrogens with zero attached hydrogens (tertiary/aromatic N) is 1. The molecule has 5 heteroatoms. The van der Waals surface area contributed by atoms with Gasteiger partial charge in [0.05, 0.1) is 18.6 Å². The lowest BCUT2D eigenvalue weighted by Gasteiger charge is -2.28. The van der Waals surface area contributed by atoms with E-state index in [1.165, 1.54) is 0 Å². The number of rotatable bonds is 7. The molecule has 1 amide bonds. The van der Waals surface area contributed by atoms with Crippen LogP contribution in [-0.4, -0.2) is 41.2 Å². The molecule has 0 radical (unpaired) electrons. The molecule has 1 rings (SSSR count). The number of carbonyl (C=O) groups excluding carboxylic acids is 1. The molecule has 0 saturated carbocycles. The fourth-order valence-corrected chi connectivity index (χ4v) is 1.99. The summed E-state index contributed by atoms with van der Waals surface area (Å²) in [6.07, 6.45) is 0.274. The normalized spacial score (nSPS) is 11.2. The zero-order valence-electron chi connectivity index (χ0n) is 12.2. The minimum Gasteiger partial charge on any atom is -0.493 e. The maximum Gasteiger partial charge on any atom is 0.226 e. The maximum atomic E-state index is 12.0. The highest BCUT2D eigenvalue weighted by atomic mass is 35.5. The fourth-order valence-electron chi connectivity index (χ4n) is 1.81. The van der Waals surface area contributed by atoms with Crippen LogP contribution in [0.3, 0.4) is 0 Å². The maximum absolute atomic E-state index is 12.0. The number of amides is 1. The van der Waals surface area contributed by atoms with Crippen molar-refractivity contribution in [2.75, 3.05) is 19.7 Å². The van der Waals surface area contributed by atoms with E-state index in [4.69, 9.17) is 16.3 Å². The summed E-state index contributed by atoms with van der Waals surface area (Å²) in [5, 5.41) is 10.4. The molecule has 0 aromatic heterocycles. The highest BCUT2D eigenvalue weighted by Crippen LogP contribution is 2.17. The van der Waals surface area contributed by atoms with Gasteiger partial charge in [0.15, 0.2) is 0 Å². The molecule has 4 nitrogen and oxygen atoms in total. The molecule has 0 aliphatic rings. The Hall–Kier alpha value is -1.26. The van der Waals surface area contributed by atoms with Crippen molar-refractivity contribution in [3.8, 4) is 5.75 Å². The predicted molar refractivity (Wildman–Crippen MR) is 80.1 cm³/mol. The first-order valence-electron chi connectivity index (χ1n) is 6.70. The van der Waals surface area contributed by atoms with Gasteiger partial charge >= 0.3 is 0 Å². The Kier molecular flexibility index (Phi) is 6.30. The largest absolute Gasteiger partial charge is 0.493 e. The minimum atomic E-state index is -0.889. The summed E-state index contributed by atoms with van der Waals surface area (Å²) >= 11 is 5.85. The van der Waals surface area contributed by atoms with Crippen molar-refractivity contribution < 1.29 is 14.6 Å². The van der Waals surface area contributed by atoms with Gasteiger partial charge in [-0.2, -0.15) is 0 Å². The SMILES string of the molecule is CCN(CC(C)(C)O)C(=O)CCOc1cccc(Cl)c1. The molecule has 0 aliphatic carbocycles. The Morgan fingerprint density at radius 2 is 2.15 bits per heavy atom. The quantitative estimate of drug-likeness (QED) is 0.842. The highest BCUT2D eigenvalue weighted by molar-refractivity contribution is 6.30. The van der Waals surface area contributed by atoms with Crippen LogP contribution in [0.15, 0.2) is 24.3 Å². The first kappa shape index (κ1) is 16.8. The van der Waals surface area contributed by atoms with E-state index in [-0.39, 0.29) is 12.3 Å². The third-order valence-electron chi connectivity index (χ3n) is 2.69. The smallest absolute Gasteiger partial charge is 0.226 e. The molecule has 0 atom stereocenters. The van der Waals surface area contributed by atoms with E-state index < -0.39 is 5.60 Å². The van der Waals surface area contributed by atoms with E-state index in [1.54, 1.807) is 43.0 Å². The molecular formula is C15H22ClNO3. The van der Waals surface area contributed by atoms with Gasteiger partial charge in [0.25, 0.3) is 0 Å². The van der Waals surface area contributed by atoms with Crippen LogP contribution in [0.2, 0.25) is 5.02 Å². The Bertz CT molecular complexity index is 443. The number of carbonyl (C=O) groups is 1. The molecule has 0 heterocycles. The lowest BCUT2D eigenvalue weighted by molar-refractivity contribution is -0.134. The number of hydrogen-bond donors (Lipinski definition) is 1. The number of benzene rings is 1. The van der Waals surface area contributed by atoms with Crippen LogP contribution >= 0.6 is 11.6 Å². The second kappa shape index (κ2) is 7.50. The van der Waals surface area contributed by atoms with Gasteiger partial charge in [-0.25, -0.2) is 0 Å². The standard InChI is InChI=1S/C15H22ClNO3/c1-4-17(11-15(2,3)19)14(18)8-9-20-13-7-5-6-12(16)10-13/h5-7,10,19H,4,8-9,11H2,1-3H3. The molecule has 0 unspecified atom stereocenters. The number of likely N-dealkylation sites (N-methyl/N-ethyl adjacent to an activating group) is 1. The van der Waals surface area contributed by atoms with Gasteiger partial charge in [0.1, 0.15) is 5.75 Å². The topological polar surface area (TPSA) is 49.8 Å². The molecule has 20 heavy (non-hydrogen) atoms. The number of halogens is 1. The van der Waals surface area contributed by atoms with Crippen molar-refractivity contribution in [3.05, 3.63) is 29.3 Å². The van der Waals surface area contributed by atoms with Crippen LogP contribution in [0.25, 0.3) is 0 Å². The van der Waals surface area contributed by atoms with Crippen LogP contribution in [0.5, 0.6) is 5.75 Å². The van der Waals surface area contributed by atoms with Gasteiger partial charge in [-0.15, -0.1) is 0 Å². The molecule has 0 aliphatic heterocycles. The lowest BCUT2D eigenvalue weighted by Crippen LogP contribution is -2.42. The van der Waals surface area contributed by atoms with Gasteiger partial charge in [0, 0.05) is 18.1 Å². The summed E-state index contributed by atoms with van der Waals surface area (Å²) in [6, 6.07) is 7.07. The molecule has 0 spiro atoms. The molecule has 0 saturated heterocycles. The summed E-state index contributed by atoms with van der Waals surface area (Å²) in [6.45, 7) is 6.44. The molecule has 1 aromatic carbocycles. The van der Waals surface area contributed by atoms with Crippen molar-refractivity contribution in [2.24, 2.45) is 0 Å². The van der Waals surface area contributed by atoms with Crippen molar-refractivity contribution in [2.45, 2.75) is 32.8 Å². The Morgan fingerprint density at radius 1 is 1.45 bits per heavy atom. The summed E-state index contributed by atoms with van der Waals surface area (Å²) in [7, 11) is 0. The third-order valence-corrected chi connectivity index (χ3v) is 2.93. The summed E-state index contributed by atoms with van der Waals surface area (Å²) in [5.41, 5.74) is -0.889. The molecule has 112 valence electrons. The average molecular weight is 300 g/mol. The monoisotopic (exact) mass is 299 g/mol. The lowest BCUT2D eigenvalue weighted by atomic mass is 10.1. The van der Waals surface area contributed by atoms with E-state index in [0.717, 1.165) is 0 Å². The van der Waals surface area contributed by atoms with E-state index in [2.05, 4.69) is 0 Å². The molecule has 0 bridgehead atoms. The first-order valence-corrected chi connectivity index (χ1v) is 7.08. The highest BCUT2D eigenvalue weighted by Gasteiger charge is 2.20. The van der Waals surface area contributed by atoms with Crippen LogP contribution in [0.4, 0.5) is 0 Å². The zero-order chi connectivity index (χ0) is 15.2. The van der Waals surface area contributed by atoms with Crippen LogP contribution in [0.1, 0.15) is 27.2 Å². The van der Waals surface area contributed by atoms with Crippen molar-refractivity contribution in [1.29, 1.82) is 0 Å².